The van der Waals surface area contributed by atoms with Gasteiger partial charge in [-0.25, -0.2) is 0 Å². The first-order valence-corrected chi connectivity index (χ1v) is 40.9. The standard InChI is InChI=1S/C85H102ClN11O24/c1-7-88-17-19-116-58-16-12-44(30-59(58)117-20-18-89-8-2)77(108)91-63(102)35-53-79(110)93-67-47-31-60(118-56-14-10-42(22-38(56)5)71(103)69(83(114)90-53)96-78(109)52(87-6)21-37(3)4)76(121-85-75(107)74(106)73(105)62(36-98)120-85)61(32-47)119-57-15-11-43(29-51(57)86)72(104)70-84(115)95-68(82(113)92-65-45-24-39-23-40(26-45)27-46(65)25-39)50-33-48(99)34-55(101)64(50)49-28-41(9-13-54(49)100)66(80(111)97-70)94-81(67)112/h9-16,22,28-34,37,39-40,45-46,52-53,62,65-75,85,87-89,98-101,103-107H,7-8,17-21,23-27,35-36H2,1-6H3,(H,90,114)(H,92,113)(H,93,110)(H,94,112)(H,95,115)(H,96,109)(H,97,111)(H,91,102,108)/t39?,40?,45?,46?,52-,53+,62-,65?,66-,67-,68+,69-,70+,71-,72-,73-,74+,75-,85+/m1/s1. The lowest BCUT2D eigenvalue weighted by molar-refractivity contribution is -0.277. The van der Waals surface area contributed by atoms with Crippen LogP contribution in [0.25, 0.3) is 11.1 Å². The van der Waals surface area contributed by atoms with Gasteiger partial charge in [-0.2, -0.15) is 0 Å². The number of nitrogens with one attached hydrogen (secondary N) is 11. The molecule has 6 aromatic rings. The van der Waals surface area contributed by atoms with Crippen LogP contribution in [-0.2, 0) is 43.1 Å². The average molecular weight is 1700 g/mol. The first-order chi connectivity index (χ1) is 57.9. The molecule has 1 saturated heterocycles. The summed E-state index contributed by atoms with van der Waals surface area (Å²) < 4.78 is 37.8. The molecule has 36 heteroatoms. The first kappa shape index (κ1) is 87.8. The summed E-state index contributed by atoms with van der Waals surface area (Å²) >= 11 is 7.20. The number of hydrogen-bond donors (Lipinski definition) is 20. The van der Waals surface area contributed by atoms with Crippen molar-refractivity contribution >= 4 is 64.8 Å². The summed E-state index contributed by atoms with van der Waals surface area (Å²) in [5.41, 5.74) is -2.02. The molecule has 6 heterocycles. The Morgan fingerprint density at radius 3 is 1.88 bits per heavy atom. The van der Waals surface area contributed by atoms with Crippen LogP contribution in [0.3, 0.4) is 0 Å². The molecule has 14 atom stereocenters. The molecule has 0 aromatic heterocycles. The van der Waals surface area contributed by atoms with Crippen LogP contribution in [0.4, 0.5) is 0 Å². The number of carbonyl (C=O) groups is 9. The molecular formula is C85H102ClN11O24. The topological polar surface area (TPSA) is 523 Å². The van der Waals surface area contributed by atoms with Gasteiger partial charge in [-0.1, -0.05) is 57.5 Å². The lowest BCUT2D eigenvalue weighted by Gasteiger charge is -2.54. The Balaban J connectivity index is 0.986. The van der Waals surface area contributed by atoms with Crippen molar-refractivity contribution in [3.05, 3.63) is 141 Å². The van der Waals surface area contributed by atoms with Gasteiger partial charge in [0.25, 0.3) is 5.91 Å². The fourth-order valence-corrected chi connectivity index (χ4v) is 17.5. The van der Waals surface area contributed by atoms with Crippen LogP contribution in [0.2, 0.25) is 5.02 Å². The average Bonchev–Trinajstić information content (AvgIpc) is 0.758. The lowest BCUT2D eigenvalue weighted by atomic mass is 9.54. The van der Waals surface area contributed by atoms with Crippen molar-refractivity contribution < 1.29 is 118 Å². The fourth-order valence-electron chi connectivity index (χ4n) is 17.3. The van der Waals surface area contributed by atoms with Crippen molar-refractivity contribution in [2.45, 2.75) is 171 Å². The number of aliphatic hydroxyl groups excluding tert-OH is 6. The van der Waals surface area contributed by atoms with E-state index in [1.807, 2.05) is 27.7 Å². The molecule has 35 nitrogen and oxygen atoms in total. The molecule has 6 aliphatic heterocycles. The normalized spacial score (nSPS) is 27.1. The molecule has 0 radical (unpaired) electrons. The minimum atomic E-state index is -2.38. The summed E-state index contributed by atoms with van der Waals surface area (Å²) in [6, 6.07) is 4.69. The Morgan fingerprint density at radius 1 is 0.612 bits per heavy atom. The Kier molecular flexibility index (Phi) is 27.6. The van der Waals surface area contributed by atoms with Gasteiger partial charge in [0.1, 0.15) is 115 Å². The monoisotopic (exact) mass is 1700 g/mol. The number of aromatic hydroxyl groups is 3. The number of halogens is 1. The molecule has 4 saturated carbocycles. The van der Waals surface area contributed by atoms with Crippen molar-refractivity contribution in [1.82, 2.24) is 58.5 Å². The van der Waals surface area contributed by atoms with Gasteiger partial charge in [-0.3, -0.25) is 48.5 Å². The lowest BCUT2D eigenvalue weighted by Crippen LogP contribution is -2.60. The Bertz CT molecular complexity index is 4890. The van der Waals surface area contributed by atoms with Gasteiger partial charge < -0.3 is 128 Å². The summed E-state index contributed by atoms with van der Waals surface area (Å²) in [4.78, 5) is 139. The highest BCUT2D eigenvalue weighted by Crippen LogP contribution is 2.55. The van der Waals surface area contributed by atoms with E-state index < -0.39 is 191 Å². The van der Waals surface area contributed by atoms with Crippen molar-refractivity contribution in [2.75, 3.05) is 53.0 Å². The smallest absolute Gasteiger partial charge is 0.257 e. The number of aliphatic hydroxyl groups is 6. The summed E-state index contributed by atoms with van der Waals surface area (Å²) in [6.07, 6.45) is -10.7. The number of aryl methyl sites for hydroxylation is 1. The van der Waals surface area contributed by atoms with E-state index in [-0.39, 0.29) is 116 Å². The quantitative estimate of drug-likeness (QED) is 0.0410. The highest BCUT2D eigenvalue weighted by atomic mass is 35.5. The second-order valence-electron chi connectivity index (χ2n) is 32.1. The third-order valence-corrected chi connectivity index (χ3v) is 23.5. The second kappa shape index (κ2) is 38.0. The molecule has 20 N–H and O–H groups in total. The number of phenols is 3. The Labute approximate surface area is 700 Å². The van der Waals surface area contributed by atoms with Gasteiger partial charge in [0.05, 0.1) is 24.1 Å². The minimum absolute atomic E-state index is 0.0582. The van der Waals surface area contributed by atoms with Crippen molar-refractivity contribution in [3.63, 3.8) is 0 Å². The molecule has 0 spiro atoms. The Hall–Kier alpha value is -11.0. The van der Waals surface area contributed by atoms with E-state index in [0.717, 1.165) is 80.6 Å². The number of rotatable bonds is 23. The zero-order valence-electron chi connectivity index (χ0n) is 67.2. The molecule has 6 aromatic carbocycles. The number of carbonyl (C=O) groups excluding carboxylic acids is 9. The van der Waals surface area contributed by atoms with E-state index in [2.05, 4.69) is 58.5 Å². The molecular weight excluding hydrogens is 1590 g/mol. The number of ether oxygens (including phenoxy) is 6. The maximum Gasteiger partial charge on any atom is 0.257 e. The highest BCUT2D eigenvalue weighted by molar-refractivity contribution is 6.32. The van der Waals surface area contributed by atoms with E-state index in [9.17, 15) is 60.3 Å². The van der Waals surface area contributed by atoms with Crippen molar-refractivity contribution in [3.8, 4) is 68.6 Å². The zero-order valence-corrected chi connectivity index (χ0v) is 68.0. The SMILES string of the molecule is CCNCCOc1ccc(C(=O)NC(=O)C[C@@H]2NC(=O)[C@H](NC(=O)[C@@H](CC(C)C)NC)[C@H](O)c3ccc(c(C)c3)Oc3cc4cc(c3O[C@@H]3O[C@H](CO)[C@@H](O)[C@H](O)[C@H]3O)Oc3ccc(cc3Cl)[C@@H](O)[C@@H]3NC(=O)[C@H](NC(=O)[C@@H]4NC2=O)c2ccc(O)c(c2)-c2c(O)cc(O)cc2[C@@H](C(=O)NC2C4CC5CC(C4)CC2C5)NC3=O)cc1OCCNCC. The highest BCUT2D eigenvalue weighted by Gasteiger charge is 2.51. The van der Waals surface area contributed by atoms with Crippen molar-refractivity contribution in [1.29, 1.82) is 0 Å². The number of phenolic OH excluding ortho intramolecular Hbond substituents is 3. The van der Waals surface area contributed by atoms with Gasteiger partial charge in [0.15, 0.2) is 23.0 Å². The van der Waals surface area contributed by atoms with Gasteiger partial charge in [0.2, 0.25) is 59.3 Å². The second-order valence-corrected chi connectivity index (χ2v) is 32.5. The fraction of sp³-hybridized carbons (Fsp3) is 0.471. The molecule has 4 aliphatic carbocycles. The molecule has 648 valence electrons. The third kappa shape index (κ3) is 19.5. The summed E-state index contributed by atoms with van der Waals surface area (Å²) in [6.45, 7) is 10.4. The van der Waals surface area contributed by atoms with E-state index in [1.165, 1.54) is 62.5 Å². The van der Waals surface area contributed by atoms with Crippen molar-refractivity contribution in [2.24, 2.45) is 29.6 Å². The van der Waals surface area contributed by atoms with E-state index in [0.29, 0.717) is 38.0 Å². The number of likely N-dealkylation sites (N-methyl/N-ethyl adjacent to an activating group) is 3. The minimum Gasteiger partial charge on any atom is -0.508 e. The van der Waals surface area contributed by atoms with Crippen LogP contribution < -0.4 is 82.2 Å². The van der Waals surface area contributed by atoms with Crippen LogP contribution in [0.5, 0.6) is 57.5 Å². The largest absolute Gasteiger partial charge is 0.508 e. The molecule has 121 heavy (non-hydrogen) atoms. The number of imide groups is 1. The van der Waals surface area contributed by atoms with Gasteiger partial charge in [-0.15, -0.1) is 0 Å². The van der Waals surface area contributed by atoms with Gasteiger partial charge >= 0.3 is 0 Å². The molecule has 16 rings (SSSR count). The molecule has 5 fully saturated rings. The molecule has 10 aliphatic rings. The third-order valence-electron chi connectivity index (χ3n) is 23.2. The number of fused-ring (bicyclic) bond motifs is 15. The summed E-state index contributed by atoms with van der Waals surface area (Å²) in [5.74, 6) is -13.7. The maximum absolute atomic E-state index is 16.5. The number of benzene rings is 6. The van der Waals surface area contributed by atoms with E-state index in [4.69, 9.17) is 40.0 Å². The molecule has 15 bridgehead atoms. The van der Waals surface area contributed by atoms with Crippen LogP contribution >= 0.6 is 11.6 Å². The van der Waals surface area contributed by atoms with Crippen LogP contribution in [0, 0.1) is 36.5 Å². The van der Waals surface area contributed by atoms with E-state index in [1.54, 1.807) is 0 Å². The Morgan fingerprint density at radius 2 is 1.24 bits per heavy atom. The number of amides is 9. The van der Waals surface area contributed by atoms with Gasteiger partial charge in [0, 0.05) is 41.9 Å². The van der Waals surface area contributed by atoms with Gasteiger partial charge in [-0.05, 0) is 201 Å². The predicted octanol–water partition coefficient (Wildman–Crippen LogP) is 2.83. The van der Waals surface area contributed by atoms with Crippen LogP contribution in [-0.4, -0.2) is 213 Å². The molecule has 9 amide bonds. The van der Waals surface area contributed by atoms with E-state index >= 15 is 28.8 Å². The predicted molar refractivity (Wildman–Crippen MR) is 432 cm³/mol. The number of hydrogen-bond acceptors (Lipinski definition) is 27. The summed E-state index contributed by atoms with van der Waals surface area (Å²) in [7, 11) is 1.49. The molecule has 0 unspecified atom stereocenters. The van der Waals surface area contributed by atoms with Crippen LogP contribution in [0.1, 0.15) is 147 Å². The zero-order chi connectivity index (χ0) is 86.5. The maximum atomic E-state index is 16.5. The first-order valence-electron chi connectivity index (χ1n) is 40.5. The summed E-state index contributed by atoms with van der Waals surface area (Å²) in [5, 5.41) is 135. The van der Waals surface area contributed by atoms with Crippen LogP contribution in [0.15, 0.2) is 97.1 Å².